The number of rotatable bonds is 0. The Balaban J connectivity index is 2.21. The lowest BCUT2D eigenvalue weighted by Crippen LogP contribution is -1.99. The van der Waals surface area contributed by atoms with Crippen molar-refractivity contribution in [3.05, 3.63) is 64.1 Å². The average molecular weight is 287 g/mol. The molecule has 0 unspecified atom stereocenters. The first-order valence-corrected chi connectivity index (χ1v) is 6.87. The molecule has 0 amide bonds. The van der Waals surface area contributed by atoms with Gasteiger partial charge in [-0.05, 0) is 36.4 Å². The molecule has 0 N–H and O–H groups in total. The molecule has 0 aliphatic rings. The minimum atomic E-state index is 1.04. The van der Waals surface area contributed by atoms with Gasteiger partial charge in [0, 0.05) is 25.8 Å². The Labute approximate surface area is 107 Å². The van der Waals surface area contributed by atoms with Crippen molar-refractivity contribution in [2.24, 2.45) is 0 Å². The summed E-state index contributed by atoms with van der Waals surface area (Å²) in [6, 6.07) is 16.5. The highest BCUT2D eigenvalue weighted by Crippen LogP contribution is 2.09. The van der Waals surface area contributed by atoms with Gasteiger partial charge in [-0.25, -0.2) is 0 Å². The molecule has 0 aromatic heterocycles. The highest BCUT2D eigenvalue weighted by Gasteiger charge is 1.88. The molecule has 0 bridgehead atoms. The van der Waals surface area contributed by atoms with E-state index < -0.39 is 0 Å². The topological polar surface area (TPSA) is 0 Å². The van der Waals surface area contributed by atoms with E-state index in [1.165, 1.54) is 5.19 Å². The molecular weight excluding hydrogens is 276 g/mol. The Morgan fingerprint density at radius 2 is 1.19 bits per heavy atom. The molecule has 0 atom stereocenters. The van der Waals surface area contributed by atoms with Crippen molar-refractivity contribution in [2.75, 3.05) is 0 Å². The van der Waals surface area contributed by atoms with Gasteiger partial charge in [-0.2, -0.15) is 0 Å². The predicted molar refractivity (Wildman–Crippen MR) is 76.1 cm³/mol. The first-order valence-electron chi connectivity index (χ1n) is 5.08. The average Bonchev–Trinajstić information content (AvgIpc) is 2.30. The second kappa shape index (κ2) is 5.15. The minimum Gasteiger partial charge on any atom is -0.0707 e. The molecule has 0 saturated carbocycles. The summed E-state index contributed by atoms with van der Waals surface area (Å²) in [5, 5.41) is 1.40. The Morgan fingerprint density at radius 1 is 0.750 bits per heavy atom. The molecule has 0 spiro atoms. The normalized spacial score (nSPS) is 9.56. The van der Waals surface area contributed by atoms with Gasteiger partial charge in [-0.15, -0.1) is 0 Å². The smallest absolute Gasteiger partial charge is 0.0384 e. The van der Waals surface area contributed by atoms with E-state index in [9.17, 15) is 0 Å². The third kappa shape index (κ3) is 3.09. The Morgan fingerprint density at radius 3 is 1.69 bits per heavy atom. The van der Waals surface area contributed by atoms with E-state index in [2.05, 4.69) is 52.0 Å². The Hall–Kier alpha value is -1.30. The zero-order valence-electron chi connectivity index (χ0n) is 9.00. The molecule has 0 saturated heterocycles. The van der Waals surface area contributed by atoms with E-state index in [0.29, 0.717) is 0 Å². The predicted octanol–water partition coefficient (Wildman–Crippen LogP) is 1.84. The van der Waals surface area contributed by atoms with Crippen LogP contribution in [0.2, 0.25) is 0 Å². The van der Waals surface area contributed by atoms with Crippen LogP contribution in [0.15, 0.2) is 53.0 Å². The summed E-state index contributed by atoms with van der Waals surface area (Å²) in [4.78, 5) is 0. The zero-order valence-corrected chi connectivity index (χ0v) is 12.6. The van der Waals surface area contributed by atoms with E-state index in [0.717, 1.165) is 25.8 Å². The van der Waals surface area contributed by atoms with Crippen LogP contribution >= 0.6 is 15.9 Å². The standard InChI is InChI=1S/C14H11BrSi/c15-13-7-3-11(4-8-13)1-2-12-5-9-14(16)10-6-12/h3-10H,16H3. The maximum atomic E-state index is 3.41. The summed E-state index contributed by atoms with van der Waals surface area (Å²) in [5.74, 6) is 6.31. The van der Waals surface area contributed by atoms with Crippen molar-refractivity contribution >= 4 is 31.4 Å². The van der Waals surface area contributed by atoms with E-state index in [1.54, 1.807) is 0 Å². The fourth-order valence-corrected chi connectivity index (χ4v) is 1.91. The second-order valence-electron chi connectivity index (χ2n) is 3.62. The molecule has 2 heteroatoms. The number of hydrogen-bond donors (Lipinski definition) is 0. The molecule has 0 heterocycles. The molecule has 0 fully saturated rings. The lowest BCUT2D eigenvalue weighted by atomic mass is 10.2. The van der Waals surface area contributed by atoms with Gasteiger partial charge in [0.15, 0.2) is 0 Å². The van der Waals surface area contributed by atoms with Crippen molar-refractivity contribution in [3.8, 4) is 11.8 Å². The van der Waals surface area contributed by atoms with Crippen molar-refractivity contribution in [2.45, 2.75) is 0 Å². The number of halogens is 1. The second-order valence-corrected chi connectivity index (χ2v) is 5.69. The first kappa shape index (κ1) is 11.2. The highest BCUT2D eigenvalue weighted by atomic mass is 79.9. The first-order chi connectivity index (χ1) is 7.74. The number of benzene rings is 2. The summed E-state index contributed by atoms with van der Waals surface area (Å²) in [5.41, 5.74) is 2.11. The summed E-state index contributed by atoms with van der Waals surface area (Å²) in [6.45, 7) is 0. The fraction of sp³-hybridized carbons (Fsp3) is 0. The molecule has 2 aromatic carbocycles. The van der Waals surface area contributed by atoms with E-state index in [4.69, 9.17) is 0 Å². The van der Waals surface area contributed by atoms with E-state index in [1.807, 2.05) is 24.3 Å². The van der Waals surface area contributed by atoms with Crippen LogP contribution in [0.1, 0.15) is 11.1 Å². The van der Waals surface area contributed by atoms with Crippen LogP contribution in [0, 0.1) is 11.8 Å². The van der Waals surface area contributed by atoms with Crippen LogP contribution in [-0.2, 0) is 0 Å². The van der Waals surface area contributed by atoms with Crippen LogP contribution in [0.3, 0.4) is 0 Å². The van der Waals surface area contributed by atoms with Crippen molar-refractivity contribution < 1.29 is 0 Å². The van der Waals surface area contributed by atoms with Gasteiger partial charge in [0.2, 0.25) is 0 Å². The van der Waals surface area contributed by atoms with Gasteiger partial charge in [0.1, 0.15) is 0 Å². The molecule has 0 radical (unpaired) electrons. The Bertz CT molecular complexity index is 480. The third-order valence-electron chi connectivity index (χ3n) is 2.25. The molecule has 16 heavy (non-hydrogen) atoms. The molecule has 2 rings (SSSR count). The van der Waals surface area contributed by atoms with Gasteiger partial charge in [-0.1, -0.05) is 45.1 Å². The Kier molecular flexibility index (Phi) is 3.61. The van der Waals surface area contributed by atoms with Crippen LogP contribution < -0.4 is 5.19 Å². The van der Waals surface area contributed by atoms with Crippen molar-refractivity contribution in [1.82, 2.24) is 0 Å². The fourth-order valence-electron chi connectivity index (χ4n) is 1.31. The summed E-state index contributed by atoms with van der Waals surface area (Å²) in [6.07, 6.45) is 0. The third-order valence-corrected chi connectivity index (χ3v) is 3.44. The van der Waals surface area contributed by atoms with Gasteiger partial charge < -0.3 is 0 Å². The molecule has 78 valence electrons. The van der Waals surface area contributed by atoms with Crippen LogP contribution in [-0.4, -0.2) is 10.2 Å². The van der Waals surface area contributed by atoms with E-state index >= 15 is 0 Å². The lowest BCUT2D eigenvalue weighted by molar-refractivity contribution is 1.60. The van der Waals surface area contributed by atoms with Gasteiger partial charge >= 0.3 is 0 Å². The summed E-state index contributed by atoms with van der Waals surface area (Å²) >= 11 is 3.41. The molecule has 0 aliphatic heterocycles. The van der Waals surface area contributed by atoms with Gasteiger partial charge in [0.05, 0.1) is 0 Å². The largest absolute Gasteiger partial charge is 0.0707 e. The zero-order chi connectivity index (χ0) is 11.4. The van der Waals surface area contributed by atoms with Crippen LogP contribution in [0.5, 0.6) is 0 Å². The maximum absolute atomic E-state index is 3.41. The SMILES string of the molecule is [SiH3]c1ccc(C#Cc2ccc(Br)cc2)cc1. The number of hydrogen-bond acceptors (Lipinski definition) is 0. The highest BCUT2D eigenvalue weighted by molar-refractivity contribution is 9.10. The monoisotopic (exact) mass is 286 g/mol. The van der Waals surface area contributed by atoms with Gasteiger partial charge in [-0.3, -0.25) is 0 Å². The van der Waals surface area contributed by atoms with Gasteiger partial charge in [0.25, 0.3) is 0 Å². The molecule has 0 aliphatic carbocycles. The molecule has 2 aromatic rings. The molecular formula is C14H11BrSi. The van der Waals surface area contributed by atoms with Crippen LogP contribution in [0.25, 0.3) is 0 Å². The lowest BCUT2D eigenvalue weighted by Gasteiger charge is -1.92. The summed E-state index contributed by atoms with van der Waals surface area (Å²) in [7, 11) is 1.10. The molecule has 0 nitrogen and oxygen atoms in total. The van der Waals surface area contributed by atoms with Crippen LogP contribution in [0.4, 0.5) is 0 Å². The summed E-state index contributed by atoms with van der Waals surface area (Å²) < 4.78 is 1.08. The minimum absolute atomic E-state index is 1.04. The quantitative estimate of drug-likeness (QED) is 0.512. The van der Waals surface area contributed by atoms with Crippen molar-refractivity contribution in [3.63, 3.8) is 0 Å². The van der Waals surface area contributed by atoms with E-state index in [-0.39, 0.29) is 0 Å². The maximum Gasteiger partial charge on any atom is 0.0384 e. The van der Waals surface area contributed by atoms with Crippen molar-refractivity contribution in [1.29, 1.82) is 0 Å².